The second-order valence-electron chi connectivity index (χ2n) is 5.82. The first kappa shape index (κ1) is 20.8. The number of nitriles is 1. The zero-order valence-electron chi connectivity index (χ0n) is 15.8. The Balaban J connectivity index is 2.04. The Labute approximate surface area is 163 Å². The van der Waals surface area contributed by atoms with Crippen LogP contribution in [0, 0.1) is 17.1 Å². The Hall–Kier alpha value is -3.53. The number of nitrogens with one attached hydrogen (secondary N) is 2. The SMILES string of the molecule is C=CCc1cc(C(=O)NCCNc2cccc(F)c2C#N)cc(OC)c1OC. The summed E-state index contributed by atoms with van der Waals surface area (Å²) in [6.45, 7) is 4.33. The fourth-order valence-corrected chi connectivity index (χ4v) is 2.74. The van der Waals surface area contributed by atoms with Crippen LogP contribution in [-0.4, -0.2) is 33.2 Å². The van der Waals surface area contributed by atoms with Crippen molar-refractivity contribution in [3.63, 3.8) is 0 Å². The molecule has 146 valence electrons. The van der Waals surface area contributed by atoms with Crippen molar-refractivity contribution in [3.8, 4) is 17.6 Å². The molecule has 0 atom stereocenters. The average molecular weight is 383 g/mol. The van der Waals surface area contributed by atoms with E-state index in [2.05, 4.69) is 17.2 Å². The molecule has 2 aromatic carbocycles. The van der Waals surface area contributed by atoms with Crippen molar-refractivity contribution in [2.75, 3.05) is 32.6 Å². The van der Waals surface area contributed by atoms with Crippen LogP contribution in [0.25, 0.3) is 0 Å². The predicted molar refractivity (Wildman–Crippen MR) is 105 cm³/mol. The molecule has 0 bridgehead atoms. The molecule has 0 radical (unpaired) electrons. The lowest BCUT2D eigenvalue weighted by Gasteiger charge is -2.14. The van der Waals surface area contributed by atoms with Crippen LogP contribution in [0.4, 0.5) is 10.1 Å². The summed E-state index contributed by atoms with van der Waals surface area (Å²) in [4.78, 5) is 12.5. The van der Waals surface area contributed by atoms with Crippen molar-refractivity contribution in [1.29, 1.82) is 5.26 Å². The summed E-state index contributed by atoms with van der Waals surface area (Å²) in [5.74, 6) is 0.156. The summed E-state index contributed by atoms with van der Waals surface area (Å²) in [7, 11) is 3.05. The van der Waals surface area contributed by atoms with Crippen LogP contribution in [0.3, 0.4) is 0 Å². The van der Waals surface area contributed by atoms with E-state index >= 15 is 0 Å². The number of rotatable bonds is 9. The average Bonchev–Trinajstić information content (AvgIpc) is 2.70. The lowest BCUT2D eigenvalue weighted by atomic mass is 10.0. The molecule has 0 aliphatic rings. The molecule has 0 unspecified atom stereocenters. The van der Waals surface area contributed by atoms with Crippen LogP contribution >= 0.6 is 0 Å². The van der Waals surface area contributed by atoms with Crippen LogP contribution in [0.1, 0.15) is 21.5 Å². The van der Waals surface area contributed by atoms with Crippen molar-refractivity contribution in [2.24, 2.45) is 0 Å². The first-order valence-corrected chi connectivity index (χ1v) is 8.62. The summed E-state index contributed by atoms with van der Waals surface area (Å²) < 4.78 is 24.3. The van der Waals surface area contributed by atoms with Gasteiger partial charge in [0.05, 0.1) is 19.9 Å². The molecule has 0 aliphatic heterocycles. The van der Waals surface area contributed by atoms with Crippen molar-refractivity contribution in [2.45, 2.75) is 6.42 Å². The number of carbonyl (C=O) groups excluding carboxylic acids is 1. The molecule has 0 saturated carbocycles. The fraction of sp³-hybridized carbons (Fsp3) is 0.238. The minimum atomic E-state index is -0.586. The summed E-state index contributed by atoms with van der Waals surface area (Å²) in [5.41, 5.74) is 1.55. The van der Waals surface area contributed by atoms with Gasteiger partial charge in [0, 0.05) is 24.2 Å². The molecule has 0 saturated heterocycles. The number of anilines is 1. The molecule has 2 rings (SSSR count). The van der Waals surface area contributed by atoms with Crippen LogP contribution in [0.5, 0.6) is 11.5 Å². The first-order valence-electron chi connectivity index (χ1n) is 8.62. The normalized spacial score (nSPS) is 9.93. The highest BCUT2D eigenvalue weighted by Gasteiger charge is 2.15. The number of ether oxygens (including phenoxy) is 2. The number of hydrogen-bond donors (Lipinski definition) is 2. The molecule has 0 spiro atoms. The fourth-order valence-electron chi connectivity index (χ4n) is 2.74. The minimum Gasteiger partial charge on any atom is -0.493 e. The maximum atomic E-state index is 13.6. The van der Waals surface area contributed by atoms with E-state index < -0.39 is 5.82 Å². The number of carbonyl (C=O) groups is 1. The van der Waals surface area contributed by atoms with E-state index in [4.69, 9.17) is 14.7 Å². The van der Waals surface area contributed by atoms with E-state index in [0.29, 0.717) is 35.7 Å². The number of benzene rings is 2. The van der Waals surface area contributed by atoms with Gasteiger partial charge in [-0.05, 0) is 30.7 Å². The summed E-state index contributed by atoms with van der Waals surface area (Å²) in [6.07, 6.45) is 2.24. The van der Waals surface area contributed by atoms with Crippen LogP contribution in [0.15, 0.2) is 43.0 Å². The first-order chi connectivity index (χ1) is 13.5. The number of amides is 1. The molecule has 0 aliphatic carbocycles. The van der Waals surface area contributed by atoms with Gasteiger partial charge in [0.1, 0.15) is 17.4 Å². The largest absolute Gasteiger partial charge is 0.493 e. The summed E-state index contributed by atoms with van der Waals surface area (Å²) in [5, 5.41) is 14.8. The van der Waals surface area contributed by atoms with E-state index in [9.17, 15) is 9.18 Å². The third kappa shape index (κ3) is 4.80. The Morgan fingerprint density at radius 2 is 2.07 bits per heavy atom. The highest BCUT2D eigenvalue weighted by atomic mass is 19.1. The molecule has 7 heteroatoms. The zero-order valence-corrected chi connectivity index (χ0v) is 15.8. The maximum absolute atomic E-state index is 13.6. The van der Waals surface area contributed by atoms with Gasteiger partial charge >= 0.3 is 0 Å². The van der Waals surface area contributed by atoms with E-state index in [0.717, 1.165) is 5.56 Å². The number of hydrogen-bond acceptors (Lipinski definition) is 5. The smallest absolute Gasteiger partial charge is 0.251 e. The van der Waals surface area contributed by atoms with Crippen LogP contribution in [-0.2, 0) is 6.42 Å². The van der Waals surface area contributed by atoms with Crippen LogP contribution < -0.4 is 20.1 Å². The molecule has 0 aromatic heterocycles. The monoisotopic (exact) mass is 383 g/mol. The van der Waals surface area contributed by atoms with Crippen molar-refractivity contribution in [1.82, 2.24) is 5.32 Å². The molecule has 2 aromatic rings. The summed E-state index contributed by atoms with van der Waals surface area (Å²) in [6, 6.07) is 9.51. The lowest BCUT2D eigenvalue weighted by Crippen LogP contribution is -2.29. The highest BCUT2D eigenvalue weighted by molar-refractivity contribution is 5.95. The number of methoxy groups -OCH3 is 2. The number of allylic oxidation sites excluding steroid dienone is 1. The Morgan fingerprint density at radius 1 is 1.29 bits per heavy atom. The second kappa shape index (κ2) is 9.97. The van der Waals surface area contributed by atoms with Gasteiger partial charge in [-0.2, -0.15) is 5.26 Å². The van der Waals surface area contributed by atoms with E-state index in [-0.39, 0.29) is 18.0 Å². The van der Waals surface area contributed by atoms with Gasteiger partial charge in [0.25, 0.3) is 5.91 Å². The van der Waals surface area contributed by atoms with Crippen molar-refractivity contribution >= 4 is 11.6 Å². The van der Waals surface area contributed by atoms with Gasteiger partial charge in [-0.15, -0.1) is 6.58 Å². The van der Waals surface area contributed by atoms with E-state index in [1.165, 1.54) is 26.4 Å². The molecule has 0 fully saturated rings. The highest BCUT2D eigenvalue weighted by Crippen LogP contribution is 2.33. The van der Waals surface area contributed by atoms with Gasteiger partial charge < -0.3 is 20.1 Å². The van der Waals surface area contributed by atoms with Gasteiger partial charge in [-0.1, -0.05) is 12.1 Å². The standard InChI is InChI=1S/C21H22FN3O3/c1-4-6-14-11-15(12-19(27-2)20(14)28-3)21(26)25-10-9-24-18-8-5-7-17(22)16(18)13-23/h4-5,7-8,11-12,24H,1,6,9-10H2,2-3H3,(H,25,26). The Kier molecular flexibility index (Phi) is 7.40. The third-order valence-electron chi connectivity index (χ3n) is 4.03. The molecule has 2 N–H and O–H groups in total. The van der Waals surface area contributed by atoms with Crippen molar-refractivity contribution < 1.29 is 18.7 Å². The molecule has 6 nitrogen and oxygen atoms in total. The topological polar surface area (TPSA) is 83.4 Å². The predicted octanol–water partition coefficient (Wildman–Crippen LogP) is 3.28. The number of nitrogens with zero attached hydrogens (tertiary/aromatic N) is 1. The quantitative estimate of drug-likeness (QED) is 0.513. The van der Waals surface area contributed by atoms with E-state index in [1.807, 2.05) is 6.07 Å². The van der Waals surface area contributed by atoms with Gasteiger partial charge in [0.2, 0.25) is 0 Å². The van der Waals surface area contributed by atoms with Gasteiger partial charge in [-0.25, -0.2) is 4.39 Å². The van der Waals surface area contributed by atoms with Crippen LogP contribution in [0.2, 0.25) is 0 Å². The lowest BCUT2D eigenvalue weighted by molar-refractivity contribution is 0.0954. The molecule has 28 heavy (non-hydrogen) atoms. The Bertz CT molecular complexity index is 906. The molecule has 0 heterocycles. The van der Waals surface area contributed by atoms with Gasteiger partial charge in [0.15, 0.2) is 11.5 Å². The minimum absolute atomic E-state index is 0.0530. The number of halogens is 1. The Morgan fingerprint density at radius 3 is 2.71 bits per heavy atom. The molecule has 1 amide bonds. The summed E-state index contributed by atoms with van der Waals surface area (Å²) >= 11 is 0. The second-order valence-corrected chi connectivity index (χ2v) is 5.82. The van der Waals surface area contributed by atoms with Crippen molar-refractivity contribution in [3.05, 3.63) is 65.5 Å². The third-order valence-corrected chi connectivity index (χ3v) is 4.03. The maximum Gasteiger partial charge on any atom is 0.251 e. The zero-order chi connectivity index (χ0) is 20.5. The molecular formula is C21H22FN3O3. The molecular weight excluding hydrogens is 361 g/mol. The van der Waals surface area contributed by atoms with Gasteiger partial charge in [-0.3, -0.25) is 4.79 Å². The van der Waals surface area contributed by atoms with E-state index in [1.54, 1.807) is 24.3 Å².